The molecule has 0 spiro atoms. The van der Waals surface area contributed by atoms with Crippen molar-refractivity contribution >= 4 is 5.97 Å². The lowest BCUT2D eigenvalue weighted by Crippen LogP contribution is -2.45. The van der Waals surface area contributed by atoms with E-state index in [1.165, 1.54) is 0 Å². The Hall–Kier alpha value is -0.610. The minimum Gasteiger partial charge on any atom is -0.465 e. The van der Waals surface area contributed by atoms with Gasteiger partial charge in [-0.1, -0.05) is 13.3 Å². The molecule has 15 heavy (non-hydrogen) atoms. The van der Waals surface area contributed by atoms with E-state index in [-0.39, 0.29) is 12.0 Å². The van der Waals surface area contributed by atoms with Gasteiger partial charge in [0.1, 0.15) is 0 Å². The van der Waals surface area contributed by atoms with Crippen molar-refractivity contribution in [2.45, 2.75) is 38.6 Å². The summed E-state index contributed by atoms with van der Waals surface area (Å²) in [5.41, 5.74) is 5.83. The van der Waals surface area contributed by atoms with Crippen molar-refractivity contribution in [3.8, 4) is 0 Å². The summed E-state index contributed by atoms with van der Waals surface area (Å²) in [6.07, 6.45) is 4.16. The molecule has 88 valence electrons. The molecule has 0 saturated carbocycles. The molecule has 4 nitrogen and oxygen atoms in total. The number of esters is 1. The van der Waals surface area contributed by atoms with E-state index in [0.717, 1.165) is 38.8 Å². The molecule has 0 aromatic carbocycles. The number of nitrogens with zero attached hydrogens (tertiary/aromatic N) is 1. The summed E-state index contributed by atoms with van der Waals surface area (Å²) in [5.74, 6) is -0.113. The van der Waals surface area contributed by atoms with E-state index < -0.39 is 0 Å². The van der Waals surface area contributed by atoms with Crippen LogP contribution in [0.2, 0.25) is 0 Å². The molecule has 0 radical (unpaired) electrons. The second-order valence-corrected chi connectivity index (χ2v) is 4.21. The van der Waals surface area contributed by atoms with Crippen LogP contribution in [0.1, 0.15) is 32.6 Å². The molecule has 1 aliphatic rings. The number of ether oxygens (including phenoxy) is 1. The highest BCUT2D eigenvalue weighted by Crippen LogP contribution is 2.07. The van der Waals surface area contributed by atoms with Gasteiger partial charge in [-0.3, -0.25) is 9.69 Å². The number of rotatable bonds is 5. The SMILES string of the molecule is CCCCOC(=O)CN1CCCC(N)C1. The first-order chi connectivity index (χ1) is 7.22. The van der Waals surface area contributed by atoms with Crippen molar-refractivity contribution in [3.63, 3.8) is 0 Å². The van der Waals surface area contributed by atoms with E-state index in [0.29, 0.717) is 13.2 Å². The van der Waals surface area contributed by atoms with Gasteiger partial charge in [-0.2, -0.15) is 0 Å². The lowest BCUT2D eigenvalue weighted by Gasteiger charge is -2.29. The Balaban J connectivity index is 2.13. The van der Waals surface area contributed by atoms with Crippen LogP contribution in [0, 0.1) is 0 Å². The summed E-state index contributed by atoms with van der Waals surface area (Å²) < 4.78 is 5.10. The van der Waals surface area contributed by atoms with Gasteiger partial charge in [0.2, 0.25) is 0 Å². The number of nitrogens with two attached hydrogens (primary N) is 1. The highest BCUT2D eigenvalue weighted by atomic mass is 16.5. The molecule has 1 fully saturated rings. The minimum absolute atomic E-state index is 0.113. The standard InChI is InChI=1S/C11H22N2O2/c1-2-3-7-15-11(14)9-13-6-4-5-10(12)8-13/h10H,2-9,12H2,1H3. The molecule has 1 saturated heterocycles. The number of carbonyl (C=O) groups excluding carboxylic acids is 1. The molecule has 0 aliphatic carbocycles. The maximum absolute atomic E-state index is 11.4. The van der Waals surface area contributed by atoms with Gasteiger partial charge in [-0.05, 0) is 25.8 Å². The fraction of sp³-hybridized carbons (Fsp3) is 0.909. The highest BCUT2D eigenvalue weighted by molar-refractivity contribution is 5.71. The number of likely N-dealkylation sites (tertiary alicyclic amines) is 1. The van der Waals surface area contributed by atoms with Gasteiger partial charge in [-0.15, -0.1) is 0 Å². The second-order valence-electron chi connectivity index (χ2n) is 4.21. The van der Waals surface area contributed by atoms with Crippen molar-refractivity contribution < 1.29 is 9.53 Å². The zero-order chi connectivity index (χ0) is 11.1. The first kappa shape index (κ1) is 12.5. The predicted octanol–water partition coefficient (Wildman–Crippen LogP) is 0.753. The molecule has 1 rings (SSSR count). The van der Waals surface area contributed by atoms with Gasteiger partial charge >= 0.3 is 5.97 Å². The molecule has 1 atom stereocenters. The molecule has 1 heterocycles. The Bertz CT molecular complexity index is 197. The maximum Gasteiger partial charge on any atom is 0.320 e. The van der Waals surface area contributed by atoms with E-state index in [2.05, 4.69) is 11.8 Å². The molecular formula is C11H22N2O2. The first-order valence-corrected chi connectivity index (χ1v) is 5.86. The van der Waals surface area contributed by atoms with Crippen molar-refractivity contribution in [1.29, 1.82) is 0 Å². The van der Waals surface area contributed by atoms with Crippen LogP contribution < -0.4 is 5.73 Å². The van der Waals surface area contributed by atoms with Crippen LogP contribution in [0.5, 0.6) is 0 Å². The normalized spacial score (nSPS) is 22.7. The zero-order valence-corrected chi connectivity index (χ0v) is 9.58. The van der Waals surface area contributed by atoms with Gasteiger partial charge in [-0.25, -0.2) is 0 Å². The van der Waals surface area contributed by atoms with Crippen LogP contribution in [0.3, 0.4) is 0 Å². The van der Waals surface area contributed by atoms with Crippen LogP contribution in [-0.4, -0.2) is 43.2 Å². The van der Waals surface area contributed by atoms with E-state index in [1.54, 1.807) is 0 Å². The molecule has 0 aromatic rings. The molecule has 4 heteroatoms. The zero-order valence-electron chi connectivity index (χ0n) is 9.58. The van der Waals surface area contributed by atoms with E-state index in [9.17, 15) is 4.79 Å². The molecule has 0 bridgehead atoms. The average molecular weight is 214 g/mol. The maximum atomic E-state index is 11.4. The summed E-state index contributed by atoms with van der Waals surface area (Å²) in [7, 11) is 0. The summed E-state index contributed by atoms with van der Waals surface area (Å²) in [4.78, 5) is 13.5. The third kappa shape index (κ3) is 5.14. The molecule has 0 amide bonds. The van der Waals surface area contributed by atoms with E-state index in [1.807, 2.05) is 0 Å². The fourth-order valence-electron chi connectivity index (χ4n) is 1.79. The average Bonchev–Trinajstić information content (AvgIpc) is 2.18. The molecule has 0 aromatic heterocycles. The molecule has 1 unspecified atom stereocenters. The smallest absolute Gasteiger partial charge is 0.320 e. The summed E-state index contributed by atoms with van der Waals surface area (Å²) >= 11 is 0. The Morgan fingerprint density at radius 2 is 2.40 bits per heavy atom. The van der Waals surface area contributed by atoms with Crippen molar-refractivity contribution in [2.24, 2.45) is 5.73 Å². The third-order valence-corrected chi connectivity index (χ3v) is 2.66. The van der Waals surface area contributed by atoms with Gasteiger partial charge < -0.3 is 10.5 Å². The van der Waals surface area contributed by atoms with E-state index >= 15 is 0 Å². The Labute approximate surface area is 91.8 Å². The summed E-state index contributed by atoms with van der Waals surface area (Å²) in [6, 6.07) is 0.224. The summed E-state index contributed by atoms with van der Waals surface area (Å²) in [6.45, 7) is 4.82. The fourth-order valence-corrected chi connectivity index (χ4v) is 1.79. The van der Waals surface area contributed by atoms with Gasteiger partial charge in [0.25, 0.3) is 0 Å². The van der Waals surface area contributed by atoms with Gasteiger partial charge in [0.15, 0.2) is 0 Å². The Kier molecular flexibility index (Phi) is 5.65. The van der Waals surface area contributed by atoms with Crippen LogP contribution in [-0.2, 0) is 9.53 Å². The number of hydrogen-bond acceptors (Lipinski definition) is 4. The monoisotopic (exact) mass is 214 g/mol. The first-order valence-electron chi connectivity index (χ1n) is 5.86. The Morgan fingerprint density at radius 1 is 1.60 bits per heavy atom. The van der Waals surface area contributed by atoms with Gasteiger partial charge in [0.05, 0.1) is 13.2 Å². The number of unbranched alkanes of at least 4 members (excludes halogenated alkanes) is 1. The van der Waals surface area contributed by atoms with Crippen molar-refractivity contribution in [1.82, 2.24) is 4.90 Å². The largest absolute Gasteiger partial charge is 0.465 e. The third-order valence-electron chi connectivity index (χ3n) is 2.66. The van der Waals surface area contributed by atoms with Crippen LogP contribution in [0.4, 0.5) is 0 Å². The van der Waals surface area contributed by atoms with E-state index in [4.69, 9.17) is 10.5 Å². The lowest BCUT2D eigenvalue weighted by atomic mass is 10.1. The Morgan fingerprint density at radius 3 is 3.07 bits per heavy atom. The quantitative estimate of drug-likeness (QED) is 0.542. The van der Waals surface area contributed by atoms with Crippen LogP contribution in [0.15, 0.2) is 0 Å². The highest BCUT2D eigenvalue weighted by Gasteiger charge is 2.19. The topological polar surface area (TPSA) is 55.6 Å². The van der Waals surface area contributed by atoms with Crippen LogP contribution in [0.25, 0.3) is 0 Å². The number of hydrogen-bond donors (Lipinski definition) is 1. The number of piperidine rings is 1. The van der Waals surface area contributed by atoms with Crippen molar-refractivity contribution in [2.75, 3.05) is 26.2 Å². The molecule has 2 N–H and O–H groups in total. The van der Waals surface area contributed by atoms with Crippen molar-refractivity contribution in [3.05, 3.63) is 0 Å². The minimum atomic E-state index is -0.113. The lowest BCUT2D eigenvalue weighted by molar-refractivity contribution is -0.145. The predicted molar refractivity (Wildman–Crippen MR) is 59.5 cm³/mol. The van der Waals surface area contributed by atoms with Gasteiger partial charge in [0, 0.05) is 12.6 Å². The summed E-state index contributed by atoms with van der Waals surface area (Å²) in [5, 5.41) is 0. The number of carbonyl (C=O) groups is 1. The second kappa shape index (κ2) is 6.80. The molecule has 1 aliphatic heterocycles. The molecular weight excluding hydrogens is 192 g/mol. The van der Waals surface area contributed by atoms with Crippen LogP contribution >= 0.6 is 0 Å².